The van der Waals surface area contributed by atoms with Crippen molar-refractivity contribution in [3.8, 4) is 5.69 Å². The number of benzene rings is 2. The lowest BCUT2D eigenvalue weighted by Crippen LogP contribution is -2.43. The topological polar surface area (TPSA) is 110 Å². The van der Waals surface area contributed by atoms with Gasteiger partial charge in [-0.25, -0.2) is 13.1 Å². The molecule has 0 saturated carbocycles. The van der Waals surface area contributed by atoms with Gasteiger partial charge in [0, 0.05) is 18.8 Å². The summed E-state index contributed by atoms with van der Waals surface area (Å²) in [5.74, 6) is -0.552. The van der Waals surface area contributed by atoms with E-state index in [1.54, 1.807) is 24.3 Å². The van der Waals surface area contributed by atoms with E-state index in [-0.39, 0.29) is 23.3 Å². The van der Waals surface area contributed by atoms with Crippen molar-refractivity contribution in [1.29, 1.82) is 0 Å². The largest absolute Gasteiger partial charge is 0.326 e. The average Bonchev–Trinajstić information content (AvgIpc) is 3.30. The maximum atomic E-state index is 13.1. The van der Waals surface area contributed by atoms with Crippen molar-refractivity contribution in [3.05, 3.63) is 60.9 Å². The van der Waals surface area contributed by atoms with E-state index in [2.05, 4.69) is 20.8 Å². The maximum Gasteiger partial charge on any atom is 0.243 e. The lowest BCUT2D eigenvalue weighted by Gasteiger charge is -2.31. The van der Waals surface area contributed by atoms with Crippen LogP contribution in [0, 0.1) is 5.92 Å². The van der Waals surface area contributed by atoms with E-state index in [9.17, 15) is 13.2 Å². The van der Waals surface area contributed by atoms with Crippen LogP contribution in [-0.4, -0.2) is 51.9 Å². The highest BCUT2D eigenvalue weighted by Crippen LogP contribution is 2.25. The van der Waals surface area contributed by atoms with Gasteiger partial charge in [-0.15, -0.1) is 5.10 Å². The number of para-hydroxylation sites is 1. The van der Waals surface area contributed by atoms with Crippen LogP contribution >= 0.6 is 0 Å². The third kappa shape index (κ3) is 4.17. The number of hydrogen-bond acceptors (Lipinski definition) is 6. The fourth-order valence-electron chi connectivity index (χ4n) is 3.34. The molecule has 1 amide bonds. The summed E-state index contributed by atoms with van der Waals surface area (Å²) in [6.45, 7) is 0.557. The highest BCUT2D eigenvalue weighted by molar-refractivity contribution is 7.89. The molecule has 2 aromatic carbocycles. The Labute approximate surface area is 168 Å². The van der Waals surface area contributed by atoms with Crippen molar-refractivity contribution >= 4 is 21.6 Å². The summed E-state index contributed by atoms with van der Waals surface area (Å²) < 4.78 is 28.9. The van der Waals surface area contributed by atoms with Crippen molar-refractivity contribution in [2.24, 2.45) is 5.92 Å². The van der Waals surface area contributed by atoms with E-state index < -0.39 is 10.0 Å². The minimum absolute atomic E-state index is 0.162. The summed E-state index contributed by atoms with van der Waals surface area (Å²) in [6, 6.07) is 15.5. The van der Waals surface area contributed by atoms with Crippen LogP contribution in [0.2, 0.25) is 0 Å². The first-order chi connectivity index (χ1) is 14.0. The molecule has 29 heavy (non-hydrogen) atoms. The minimum Gasteiger partial charge on any atom is -0.326 e. The maximum absolute atomic E-state index is 13.1. The Balaban J connectivity index is 1.47. The van der Waals surface area contributed by atoms with E-state index in [1.807, 2.05) is 18.2 Å². The molecule has 0 aliphatic carbocycles. The Kier molecular flexibility index (Phi) is 5.36. The third-order valence-corrected chi connectivity index (χ3v) is 6.76. The fourth-order valence-corrected chi connectivity index (χ4v) is 4.86. The van der Waals surface area contributed by atoms with Gasteiger partial charge in [-0.3, -0.25) is 4.79 Å². The number of sulfonamides is 1. The molecule has 9 nitrogen and oxygen atoms in total. The standard InChI is InChI=1S/C19H20N6O3S/c26-19(21-16-6-2-1-3-7-16)15-5-4-12-24(13-15)29(27,28)18-10-8-17(9-11-18)25-14-20-22-23-25/h1-3,6-11,14-15H,4-5,12-13H2,(H,21,26)/t15-/m1/s1. The summed E-state index contributed by atoms with van der Waals surface area (Å²) in [7, 11) is -3.69. The third-order valence-electron chi connectivity index (χ3n) is 4.88. The first-order valence-electron chi connectivity index (χ1n) is 9.23. The molecule has 1 aliphatic rings. The van der Waals surface area contributed by atoms with Gasteiger partial charge in [0.2, 0.25) is 15.9 Å². The van der Waals surface area contributed by atoms with E-state index in [0.717, 1.165) is 0 Å². The van der Waals surface area contributed by atoms with Crippen LogP contribution in [0.3, 0.4) is 0 Å². The molecule has 1 N–H and O–H groups in total. The molecule has 2 heterocycles. The van der Waals surface area contributed by atoms with E-state index >= 15 is 0 Å². The predicted octanol–water partition coefficient (Wildman–Crippen LogP) is 1.70. The van der Waals surface area contributed by atoms with Gasteiger partial charge in [-0.1, -0.05) is 18.2 Å². The molecule has 0 unspecified atom stereocenters. The van der Waals surface area contributed by atoms with Crippen LogP contribution in [0.1, 0.15) is 12.8 Å². The van der Waals surface area contributed by atoms with Crippen molar-refractivity contribution in [2.45, 2.75) is 17.7 Å². The van der Waals surface area contributed by atoms with Crippen molar-refractivity contribution in [3.63, 3.8) is 0 Å². The van der Waals surface area contributed by atoms with Gasteiger partial charge in [0.1, 0.15) is 6.33 Å². The van der Waals surface area contributed by atoms with Crippen molar-refractivity contribution in [2.75, 3.05) is 18.4 Å². The molecule has 0 bridgehead atoms. The monoisotopic (exact) mass is 412 g/mol. The van der Waals surface area contributed by atoms with Gasteiger partial charge in [-0.2, -0.15) is 4.31 Å². The number of tetrazole rings is 1. The molecule has 0 radical (unpaired) electrons. The number of rotatable bonds is 5. The summed E-state index contributed by atoms with van der Waals surface area (Å²) in [6.07, 6.45) is 2.72. The molecule has 10 heteroatoms. The number of anilines is 1. The summed E-state index contributed by atoms with van der Waals surface area (Å²) in [4.78, 5) is 12.8. The Bertz CT molecular complexity index is 1070. The Morgan fingerprint density at radius 2 is 1.83 bits per heavy atom. The van der Waals surface area contributed by atoms with E-state index in [0.29, 0.717) is 30.8 Å². The number of aromatic nitrogens is 4. The number of hydrogen-bond donors (Lipinski definition) is 1. The molecule has 3 aromatic rings. The van der Waals surface area contributed by atoms with Crippen LogP contribution in [0.15, 0.2) is 65.8 Å². The highest BCUT2D eigenvalue weighted by Gasteiger charge is 2.33. The quantitative estimate of drug-likeness (QED) is 0.683. The number of carbonyl (C=O) groups is 1. The number of amides is 1. The van der Waals surface area contributed by atoms with Gasteiger partial charge < -0.3 is 5.32 Å². The summed E-state index contributed by atoms with van der Waals surface area (Å²) in [5, 5.41) is 13.8. The molecule has 1 atom stereocenters. The fraction of sp³-hybridized carbons (Fsp3) is 0.263. The first-order valence-corrected chi connectivity index (χ1v) is 10.7. The molecular formula is C19H20N6O3S. The molecule has 1 aromatic heterocycles. The van der Waals surface area contributed by atoms with Gasteiger partial charge >= 0.3 is 0 Å². The van der Waals surface area contributed by atoms with Crippen LogP contribution < -0.4 is 5.32 Å². The second-order valence-corrected chi connectivity index (χ2v) is 8.74. The average molecular weight is 412 g/mol. The van der Waals surface area contributed by atoms with Crippen molar-refractivity contribution in [1.82, 2.24) is 24.5 Å². The highest BCUT2D eigenvalue weighted by atomic mass is 32.2. The van der Waals surface area contributed by atoms with Gasteiger partial charge in [-0.05, 0) is 59.7 Å². The molecule has 150 valence electrons. The zero-order valence-electron chi connectivity index (χ0n) is 15.5. The summed E-state index contributed by atoms with van der Waals surface area (Å²) in [5.41, 5.74) is 1.36. The number of nitrogens with zero attached hydrogens (tertiary/aromatic N) is 5. The first kappa shape index (κ1) is 19.2. The molecule has 4 rings (SSSR count). The second-order valence-electron chi connectivity index (χ2n) is 6.81. The van der Waals surface area contributed by atoms with Crippen LogP contribution in [0.5, 0.6) is 0 Å². The Morgan fingerprint density at radius 3 is 2.52 bits per heavy atom. The summed E-state index contributed by atoms with van der Waals surface area (Å²) >= 11 is 0. The normalized spacial score (nSPS) is 17.7. The SMILES string of the molecule is O=C(Nc1ccccc1)[C@@H]1CCCN(S(=O)(=O)c2ccc(-n3cnnn3)cc2)C1. The minimum atomic E-state index is -3.69. The smallest absolute Gasteiger partial charge is 0.243 e. The number of nitrogens with one attached hydrogen (secondary N) is 1. The number of piperidine rings is 1. The van der Waals surface area contributed by atoms with Gasteiger partial charge in [0.15, 0.2) is 0 Å². The molecule has 1 fully saturated rings. The van der Waals surface area contributed by atoms with E-state index in [1.165, 1.54) is 27.4 Å². The van der Waals surface area contributed by atoms with Crippen molar-refractivity contribution < 1.29 is 13.2 Å². The van der Waals surface area contributed by atoms with Gasteiger partial charge in [0.25, 0.3) is 0 Å². The lowest BCUT2D eigenvalue weighted by atomic mass is 9.99. The zero-order chi connectivity index (χ0) is 20.3. The van der Waals surface area contributed by atoms with Crippen LogP contribution in [0.4, 0.5) is 5.69 Å². The molecule has 0 spiro atoms. The zero-order valence-corrected chi connectivity index (χ0v) is 16.4. The molecule has 1 aliphatic heterocycles. The number of carbonyl (C=O) groups excluding carboxylic acids is 1. The predicted molar refractivity (Wildman–Crippen MR) is 106 cm³/mol. The van der Waals surface area contributed by atoms with Crippen LogP contribution in [-0.2, 0) is 14.8 Å². The Morgan fingerprint density at radius 1 is 1.07 bits per heavy atom. The molecule has 1 saturated heterocycles. The Hall–Kier alpha value is -3.11. The van der Waals surface area contributed by atoms with E-state index in [4.69, 9.17) is 0 Å². The van der Waals surface area contributed by atoms with Gasteiger partial charge in [0.05, 0.1) is 16.5 Å². The second kappa shape index (κ2) is 8.10. The van der Waals surface area contributed by atoms with Crippen LogP contribution in [0.25, 0.3) is 5.69 Å². The molecular weight excluding hydrogens is 392 g/mol. The lowest BCUT2D eigenvalue weighted by molar-refractivity contribution is -0.120.